The van der Waals surface area contributed by atoms with Gasteiger partial charge in [0.15, 0.2) is 0 Å². The minimum Gasteiger partial charge on any atom is -0.475 e. The highest BCUT2D eigenvalue weighted by atomic mass is 19.4. The molecule has 0 aliphatic heterocycles. The Morgan fingerprint density at radius 1 is 0.950 bits per heavy atom. The van der Waals surface area contributed by atoms with E-state index in [1.165, 1.54) is 0 Å². The second-order valence-electron chi connectivity index (χ2n) is 2.36. The number of aliphatic carboxylic acids is 2. The minimum absolute atomic E-state index is 0.356. The summed E-state index contributed by atoms with van der Waals surface area (Å²) in [6.45, 7) is 2.06. The van der Waals surface area contributed by atoms with Gasteiger partial charge >= 0.3 is 30.4 Å². The average Bonchev–Trinajstić information content (AvgIpc) is 2.15. The number of primary amides is 1. The van der Waals surface area contributed by atoms with Crippen LogP contribution in [0.25, 0.3) is 0 Å². The van der Waals surface area contributed by atoms with Crippen LogP contribution >= 0.6 is 0 Å². The van der Waals surface area contributed by atoms with E-state index in [1.807, 2.05) is 0 Å². The van der Waals surface area contributed by atoms with E-state index < -0.39 is 30.4 Å². The summed E-state index contributed by atoms with van der Waals surface area (Å²) in [7, 11) is 0. The maximum Gasteiger partial charge on any atom is 0.490 e. The molecule has 0 saturated heterocycles. The van der Waals surface area contributed by atoms with Crippen molar-refractivity contribution >= 4 is 18.0 Å². The molecular weight excluding hydrogens is 308 g/mol. The van der Waals surface area contributed by atoms with E-state index >= 15 is 0 Å². The molecule has 7 nitrogen and oxygen atoms in total. The smallest absolute Gasteiger partial charge is 0.475 e. The zero-order valence-electron chi connectivity index (χ0n) is 9.58. The fourth-order valence-electron chi connectivity index (χ4n) is 0.142. The minimum atomic E-state index is -5.08. The second kappa shape index (κ2) is 9.69. The molecule has 0 fully saturated rings. The predicted octanol–water partition coefficient (Wildman–Crippen LogP) is 1.37. The summed E-state index contributed by atoms with van der Waals surface area (Å²) in [4.78, 5) is 27.4. The van der Waals surface area contributed by atoms with Gasteiger partial charge in [0, 0.05) is 0 Å². The highest BCUT2D eigenvalue weighted by molar-refractivity contribution is 5.73. The molecule has 0 saturated carbocycles. The van der Waals surface area contributed by atoms with Crippen molar-refractivity contribution in [3.05, 3.63) is 0 Å². The van der Waals surface area contributed by atoms with E-state index in [0.29, 0.717) is 6.61 Å². The van der Waals surface area contributed by atoms with Gasteiger partial charge in [-0.3, -0.25) is 0 Å². The predicted molar refractivity (Wildman–Crippen MR) is 48.6 cm³/mol. The first-order valence-electron chi connectivity index (χ1n) is 4.18. The van der Waals surface area contributed by atoms with Gasteiger partial charge in [-0.1, -0.05) is 0 Å². The van der Waals surface area contributed by atoms with Crippen LogP contribution in [0.2, 0.25) is 0 Å². The number of carboxylic acids is 2. The number of rotatable bonds is 1. The first-order chi connectivity index (χ1) is 8.66. The highest BCUT2D eigenvalue weighted by Crippen LogP contribution is 2.13. The second-order valence-corrected chi connectivity index (χ2v) is 2.36. The van der Waals surface area contributed by atoms with Crippen LogP contribution in [0.15, 0.2) is 0 Å². The molecule has 0 radical (unpaired) electrons. The first kappa shape index (κ1) is 22.9. The zero-order chi connectivity index (χ0) is 17.1. The lowest BCUT2D eigenvalue weighted by molar-refractivity contribution is -0.193. The quantitative estimate of drug-likeness (QED) is 0.627. The van der Waals surface area contributed by atoms with Crippen LogP contribution < -0.4 is 5.73 Å². The van der Waals surface area contributed by atoms with E-state index in [1.54, 1.807) is 6.92 Å². The van der Waals surface area contributed by atoms with Crippen LogP contribution in [0.3, 0.4) is 0 Å². The fourth-order valence-corrected chi connectivity index (χ4v) is 0.142. The summed E-state index contributed by atoms with van der Waals surface area (Å²) in [6, 6.07) is 0. The Morgan fingerprint density at radius 3 is 1.15 bits per heavy atom. The number of carboxylic acid groups (broad SMARTS) is 2. The summed E-state index contributed by atoms with van der Waals surface area (Å²) in [5.41, 5.74) is 4.54. The van der Waals surface area contributed by atoms with Gasteiger partial charge in [-0.25, -0.2) is 14.4 Å². The van der Waals surface area contributed by atoms with E-state index in [9.17, 15) is 31.1 Å². The Morgan fingerprint density at radius 2 is 1.15 bits per heavy atom. The molecule has 0 aliphatic carbocycles. The maximum absolute atomic E-state index is 10.6. The number of amides is 1. The SMILES string of the molecule is CCOC(N)=O.O=C(O)C(F)(F)F.O=C(O)C(F)(F)F. The molecule has 13 heteroatoms. The molecule has 20 heavy (non-hydrogen) atoms. The number of hydrogen-bond acceptors (Lipinski definition) is 4. The van der Waals surface area contributed by atoms with Crippen molar-refractivity contribution in [2.45, 2.75) is 19.3 Å². The Labute approximate surface area is 106 Å². The van der Waals surface area contributed by atoms with E-state index in [2.05, 4.69) is 10.5 Å². The maximum atomic E-state index is 10.6. The van der Waals surface area contributed by atoms with Crippen molar-refractivity contribution in [1.29, 1.82) is 0 Å². The first-order valence-corrected chi connectivity index (χ1v) is 4.18. The Kier molecular flexibility index (Phi) is 11.1. The van der Waals surface area contributed by atoms with Gasteiger partial charge in [0.2, 0.25) is 0 Å². The number of carbonyl (C=O) groups excluding carboxylic acids is 1. The van der Waals surface area contributed by atoms with Crippen LogP contribution in [0.5, 0.6) is 0 Å². The number of carbonyl (C=O) groups is 3. The lowest BCUT2D eigenvalue weighted by Crippen LogP contribution is -2.21. The van der Waals surface area contributed by atoms with Gasteiger partial charge in [0.05, 0.1) is 6.61 Å². The van der Waals surface area contributed by atoms with Crippen molar-refractivity contribution in [2.75, 3.05) is 6.61 Å². The Hall–Kier alpha value is -2.21. The topological polar surface area (TPSA) is 127 Å². The van der Waals surface area contributed by atoms with Gasteiger partial charge in [-0.05, 0) is 6.92 Å². The number of alkyl halides is 6. The fraction of sp³-hybridized carbons (Fsp3) is 0.571. The van der Waals surface area contributed by atoms with Crippen molar-refractivity contribution < 1.29 is 55.7 Å². The molecule has 4 N–H and O–H groups in total. The summed E-state index contributed by atoms with van der Waals surface area (Å²) in [5.74, 6) is -5.51. The lowest BCUT2D eigenvalue weighted by Gasteiger charge is -1.93. The van der Waals surface area contributed by atoms with Crippen molar-refractivity contribution in [1.82, 2.24) is 0 Å². The zero-order valence-corrected chi connectivity index (χ0v) is 9.58. The molecule has 0 aromatic carbocycles. The number of halogens is 6. The molecule has 0 aliphatic rings. The van der Waals surface area contributed by atoms with Crippen molar-refractivity contribution in [3.8, 4) is 0 Å². The van der Waals surface area contributed by atoms with Crippen LogP contribution in [0.4, 0.5) is 31.1 Å². The standard InChI is InChI=1S/C3H7NO2.2C2HF3O2/c1-2-6-3(4)5;2*3-2(4,5)1(6)7/h2H2,1H3,(H2,4,5);2*(H,6,7). The molecule has 0 atom stereocenters. The van der Waals surface area contributed by atoms with Crippen LogP contribution in [-0.4, -0.2) is 47.2 Å². The van der Waals surface area contributed by atoms with Gasteiger partial charge < -0.3 is 20.7 Å². The molecule has 0 aromatic heterocycles. The summed E-state index contributed by atoms with van der Waals surface area (Å²) in [6.07, 6.45) is -10.9. The van der Waals surface area contributed by atoms with Gasteiger partial charge in [0.1, 0.15) is 0 Å². The summed E-state index contributed by atoms with van der Waals surface area (Å²) >= 11 is 0. The molecule has 0 heterocycles. The molecule has 1 amide bonds. The van der Waals surface area contributed by atoms with Gasteiger partial charge in [0.25, 0.3) is 0 Å². The lowest BCUT2D eigenvalue weighted by atomic mass is 10.7. The Balaban J connectivity index is -0.000000218. The van der Waals surface area contributed by atoms with Crippen molar-refractivity contribution in [3.63, 3.8) is 0 Å². The molecule has 0 aromatic rings. The monoisotopic (exact) mass is 317 g/mol. The largest absolute Gasteiger partial charge is 0.490 e. The summed E-state index contributed by atoms with van der Waals surface area (Å²) in [5, 5.41) is 14.2. The molecule has 0 rings (SSSR count). The van der Waals surface area contributed by atoms with E-state index in [-0.39, 0.29) is 0 Å². The number of ether oxygens (including phenoxy) is 1. The third kappa shape index (κ3) is 21.1. The van der Waals surface area contributed by atoms with Crippen LogP contribution in [0, 0.1) is 0 Å². The van der Waals surface area contributed by atoms with Crippen LogP contribution in [0.1, 0.15) is 6.92 Å². The normalized spacial score (nSPS) is 10.2. The van der Waals surface area contributed by atoms with Gasteiger partial charge in [-0.2, -0.15) is 26.3 Å². The molecule has 0 bridgehead atoms. The van der Waals surface area contributed by atoms with E-state index in [4.69, 9.17) is 19.8 Å². The molecular formula is C7H9F6NO6. The summed E-state index contributed by atoms with van der Waals surface area (Å²) < 4.78 is 67.7. The van der Waals surface area contributed by atoms with Gasteiger partial charge in [-0.15, -0.1) is 0 Å². The Bertz CT molecular complexity index is 301. The highest BCUT2D eigenvalue weighted by Gasteiger charge is 2.38. The third-order valence-corrected chi connectivity index (χ3v) is 0.772. The van der Waals surface area contributed by atoms with Crippen LogP contribution in [-0.2, 0) is 14.3 Å². The van der Waals surface area contributed by atoms with Crippen molar-refractivity contribution in [2.24, 2.45) is 5.73 Å². The van der Waals surface area contributed by atoms with E-state index in [0.717, 1.165) is 0 Å². The third-order valence-electron chi connectivity index (χ3n) is 0.772. The molecule has 0 spiro atoms. The number of nitrogens with two attached hydrogens (primary N) is 1. The molecule has 0 unspecified atom stereocenters. The number of hydrogen-bond donors (Lipinski definition) is 3. The average molecular weight is 317 g/mol. The molecule has 120 valence electrons.